The Bertz CT molecular complexity index is 752. The highest BCUT2D eigenvalue weighted by atomic mass is 127. The summed E-state index contributed by atoms with van der Waals surface area (Å²) >= 11 is 2.13. The second-order valence-corrected chi connectivity index (χ2v) is 5.45. The minimum Gasteiger partial charge on any atom is -0.497 e. The number of hydrogen-bond donors (Lipinski definition) is 0. The summed E-state index contributed by atoms with van der Waals surface area (Å²) in [5.41, 5.74) is 1.60. The summed E-state index contributed by atoms with van der Waals surface area (Å²) in [5.74, 6) is 0.561. The predicted octanol–water partition coefficient (Wildman–Crippen LogP) is 3.84. The quantitative estimate of drug-likeness (QED) is 0.644. The molecule has 102 valence electrons. The first-order chi connectivity index (χ1) is 9.69. The largest absolute Gasteiger partial charge is 0.497 e. The Morgan fingerprint density at radius 3 is 2.65 bits per heavy atom. The molecular weight excluding hydrogens is 370 g/mol. The Balaban J connectivity index is 2.02. The van der Waals surface area contributed by atoms with Crippen molar-refractivity contribution in [3.8, 4) is 5.75 Å². The summed E-state index contributed by atoms with van der Waals surface area (Å²) in [6.07, 6.45) is 0. The molecule has 0 N–H and O–H groups in total. The van der Waals surface area contributed by atoms with Crippen molar-refractivity contribution in [2.45, 2.75) is 6.54 Å². The number of hydrogen-bond acceptors (Lipinski definition) is 2. The highest BCUT2D eigenvalue weighted by Gasteiger charge is 2.12. The molecule has 0 radical (unpaired) electrons. The first-order valence-corrected chi connectivity index (χ1v) is 7.20. The second-order valence-electron chi connectivity index (χ2n) is 4.43. The molecule has 0 saturated carbocycles. The average Bonchev–Trinajstić information content (AvgIpc) is 2.78. The molecule has 0 aliphatic rings. The lowest BCUT2D eigenvalue weighted by atomic mass is 10.2. The van der Waals surface area contributed by atoms with Gasteiger partial charge in [-0.1, -0.05) is 18.2 Å². The molecule has 3 aromatic rings. The van der Waals surface area contributed by atoms with Crippen LogP contribution in [0.5, 0.6) is 5.75 Å². The van der Waals surface area contributed by atoms with Crippen LogP contribution in [0.4, 0.5) is 4.39 Å². The molecule has 0 fully saturated rings. The maximum atomic E-state index is 14.0. The van der Waals surface area contributed by atoms with Crippen molar-refractivity contribution in [2.24, 2.45) is 0 Å². The molecule has 0 amide bonds. The van der Waals surface area contributed by atoms with Gasteiger partial charge in [0.2, 0.25) is 0 Å². The first kappa shape index (κ1) is 13.4. The van der Waals surface area contributed by atoms with Crippen molar-refractivity contribution in [1.29, 1.82) is 0 Å². The predicted molar refractivity (Wildman–Crippen MR) is 84.5 cm³/mol. The van der Waals surface area contributed by atoms with Gasteiger partial charge in [0.05, 0.1) is 13.7 Å². The molecular formula is C15H12FIN2O. The number of para-hydroxylation sites is 1. The zero-order valence-electron chi connectivity index (χ0n) is 10.8. The van der Waals surface area contributed by atoms with Crippen LogP contribution in [0.1, 0.15) is 5.56 Å². The van der Waals surface area contributed by atoms with Crippen molar-refractivity contribution in [3.63, 3.8) is 0 Å². The fraction of sp³-hybridized carbons (Fsp3) is 0.133. The lowest BCUT2D eigenvalue weighted by Gasteiger charge is -2.05. The fourth-order valence-electron chi connectivity index (χ4n) is 2.17. The Morgan fingerprint density at radius 2 is 1.95 bits per heavy atom. The van der Waals surface area contributed by atoms with E-state index >= 15 is 0 Å². The Morgan fingerprint density at radius 1 is 1.20 bits per heavy atom. The zero-order chi connectivity index (χ0) is 14.1. The van der Waals surface area contributed by atoms with E-state index in [9.17, 15) is 4.39 Å². The normalized spacial score (nSPS) is 10.9. The van der Waals surface area contributed by atoms with Crippen molar-refractivity contribution < 1.29 is 9.13 Å². The van der Waals surface area contributed by atoms with E-state index in [1.807, 2.05) is 30.3 Å². The number of methoxy groups -OCH3 is 1. The van der Waals surface area contributed by atoms with Crippen molar-refractivity contribution in [2.75, 3.05) is 7.11 Å². The van der Waals surface area contributed by atoms with Crippen LogP contribution in [0.25, 0.3) is 10.9 Å². The second kappa shape index (κ2) is 5.40. The van der Waals surface area contributed by atoms with E-state index in [0.717, 1.165) is 20.4 Å². The molecule has 5 heteroatoms. The lowest BCUT2D eigenvalue weighted by molar-refractivity contribution is 0.414. The van der Waals surface area contributed by atoms with Crippen LogP contribution in [-0.2, 0) is 6.54 Å². The molecule has 0 bridgehead atoms. The third kappa shape index (κ3) is 2.37. The van der Waals surface area contributed by atoms with E-state index < -0.39 is 0 Å². The van der Waals surface area contributed by atoms with Gasteiger partial charge < -0.3 is 4.74 Å². The van der Waals surface area contributed by atoms with E-state index in [1.54, 1.807) is 17.9 Å². The Labute approximate surface area is 129 Å². The fourth-order valence-corrected chi connectivity index (χ4v) is 2.87. The van der Waals surface area contributed by atoms with Crippen LogP contribution in [-0.4, -0.2) is 16.9 Å². The summed E-state index contributed by atoms with van der Waals surface area (Å²) in [5, 5.41) is 5.27. The van der Waals surface area contributed by atoms with Gasteiger partial charge in [-0.05, 0) is 52.4 Å². The van der Waals surface area contributed by atoms with Gasteiger partial charge in [0, 0.05) is 5.39 Å². The first-order valence-electron chi connectivity index (χ1n) is 6.12. The molecule has 3 rings (SSSR count). The van der Waals surface area contributed by atoms with E-state index in [1.165, 1.54) is 6.07 Å². The maximum Gasteiger partial charge on any atom is 0.149 e. The maximum absolute atomic E-state index is 14.0. The van der Waals surface area contributed by atoms with Crippen LogP contribution in [0, 0.1) is 9.52 Å². The highest BCUT2D eigenvalue weighted by Crippen LogP contribution is 2.24. The number of fused-ring (bicyclic) bond motifs is 1. The SMILES string of the molecule is COc1ccc(Cn2nc(I)c3cccc(F)c32)cc1. The van der Waals surface area contributed by atoms with Gasteiger partial charge in [0.15, 0.2) is 0 Å². The molecule has 2 aromatic carbocycles. The van der Waals surface area contributed by atoms with E-state index in [0.29, 0.717) is 12.1 Å². The monoisotopic (exact) mass is 382 g/mol. The summed E-state index contributed by atoms with van der Waals surface area (Å²) in [7, 11) is 1.63. The van der Waals surface area contributed by atoms with Gasteiger partial charge in [0.1, 0.15) is 20.8 Å². The molecule has 1 aromatic heterocycles. The van der Waals surface area contributed by atoms with Crippen LogP contribution in [0.3, 0.4) is 0 Å². The van der Waals surface area contributed by atoms with Crippen molar-refractivity contribution in [3.05, 3.63) is 57.5 Å². The molecule has 0 saturated heterocycles. The summed E-state index contributed by atoms with van der Waals surface area (Å²) in [6, 6.07) is 12.8. The molecule has 0 atom stereocenters. The number of aromatic nitrogens is 2. The van der Waals surface area contributed by atoms with Gasteiger partial charge in [-0.15, -0.1) is 0 Å². The Hall–Kier alpha value is -1.63. The van der Waals surface area contributed by atoms with Crippen molar-refractivity contribution in [1.82, 2.24) is 9.78 Å². The number of ether oxygens (including phenoxy) is 1. The smallest absolute Gasteiger partial charge is 0.149 e. The number of benzene rings is 2. The van der Waals surface area contributed by atoms with E-state index in [2.05, 4.69) is 27.7 Å². The van der Waals surface area contributed by atoms with E-state index in [4.69, 9.17) is 4.74 Å². The summed E-state index contributed by atoms with van der Waals surface area (Å²) in [6.45, 7) is 0.532. The van der Waals surface area contributed by atoms with Gasteiger partial charge in [-0.25, -0.2) is 4.39 Å². The lowest BCUT2D eigenvalue weighted by Crippen LogP contribution is -2.03. The van der Waals surface area contributed by atoms with Crippen LogP contribution in [0.15, 0.2) is 42.5 Å². The van der Waals surface area contributed by atoms with Gasteiger partial charge >= 0.3 is 0 Å². The third-order valence-electron chi connectivity index (χ3n) is 3.17. The number of nitrogens with zero attached hydrogens (tertiary/aromatic N) is 2. The van der Waals surface area contributed by atoms with Gasteiger partial charge in [-0.3, -0.25) is 4.68 Å². The van der Waals surface area contributed by atoms with Gasteiger partial charge in [-0.2, -0.15) is 5.10 Å². The molecule has 3 nitrogen and oxygen atoms in total. The summed E-state index contributed by atoms with van der Waals surface area (Å²) in [4.78, 5) is 0. The van der Waals surface area contributed by atoms with Crippen LogP contribution >= 0.6 is 22.6 Å². The molecule has 0 spiro atoms. The standard InChI is InChI=1S/C15H12FIN2O/c1-20-11-7-5-10(6-8-11)9-19-14-12(15(17)18-19)3-2-4-13(14)16/h2-8H,9H2,1H3. The molecule has 0 unspecified atom stereocenters. The average molecular weight is 382 g/mol. The summed E-state index contributed by atoms with van der Waals surface area (Å²) < 4.78 is 21.6. The minimum absolute atomic E-state index is 0.244. The molecule has 0 aliphatic carbocycles. The molecule has 0 aliphatic heterocycles. The minimum atomic E-state index is -0.244. The zero-order valence-corrected chi connectivity index (χ0v) is 13.0. The Kier molecular flexibility index (Phi) is 3.60. The van der Waals surface area contributed by atoms with E-state index in [-0.39, 0.29) is 5.82 Å². The molecule has 1 heterocycles. The number of halogens is 2. The van der Waals surface area contributed by atoms with Crippen LogP contribution < -0.4 is 4.74 Å². The van der Waals surface area contributed by atoms with Crippen molar-refractivity contribution >= 4 is 33.5 Å². The highest BCUT2D eigenvalue weighted by molar-refractivity contribution is 14.1. The molecule has 20 heavy (non-hydrogen) atoms. The topological polar surface area (TPSA) is 27.1 Å². The third-order valence-corrected chi connectivity index (χ3v) is 3.96. The van der Waals surface area contributed by atoms with Gasteiger partial charge in [0.25, 0.3) is 0 Å². The van der Waals surface area contributed by atoms with Crippen LogP contribution in [0.2, 0.25) is 0 Å². The number of rotatable bonds is 3.